The highest BCUT2D eigenvalue weighted by Gasteiger charge is 2.61. The smallest absolute Gasteiger partial charge is 0.388 e. The molecule has 0 spiro atoms. The minimum absolute atomic E-state index is 0.0978. The van der Waals surface area contributed by atoms with Crippen molar-refractivity contribution in [3.05, 3.63) is 0 Å². The molecule has 8 rings (SSSR count). The summed E-state index contributed by atoms with van der Waals surface area (Å²) in [6.07, 6.45) is -73.7. The Morgan fingerprint density at radius 3 is 0.840 bits per heavy atom. The van der Waals surface area contributed by atoms with Gasteiger partial charge in [-0.05, 0) is 53.5 Å². The summed E-state index contributed by atoms with van der Waals surface area (Å²) >= 11 is 0. The fourth-order valence-corrected chi connectivity index (χ4v) is 15.8. The lowest BCUT2D eigenvalue weighted by atomic mass is 9.94. The molecule has 0 aliphatic carbocycles. The van der Waals surface area contributed by atoms with Crippen LogP contribution in [0.3, 0.4) is 0 Å². The number of nitrogens with two attached hydrogens (primary N) is 5. The third kappa shape index (κ3) is 27.7. The van der Waals surface area contributed by atoms with Crippen molar-refractivity contribution in [1.29, 1.82) is 0 Å². The molecule has 0 aromatic heterocycles. The van der Waals surface area contributed by atoms with Crippen LogP contribution in [0.4, 0.5) is 0 Å². The minimum atomic E-state index is -5.86. The van der Waals surface area contributed by atoms with E-state index in [2.05, 4.69) is 31.0 Å². The molecule has 700 valence electrons. The van der Waals surface area contributed by atoms with Gasteiger partial charge in [0, 0.05) is 6.61 Å². The van der Waals surface area contributed by atoms with Crippen LogP contribution < -0.4 is 28.7 Å². The zero-order valence-electron chi connectivity index (χ0n) is 61.9. The normalized spacial score (nSPS) is 43.9. The Morgan fingerprint density at radius 1 is 0.286 bits per heavy atom. The predicted molar refractivity (Wildman–Crippen MR) is 361 cm³/mol. The van der Waals surface area contributed by atoms with Crippen molar-refractivity contribution < 1.29 is 255 Å². The van der Waals surface area contributed by atoms with Crippen molar-refractivity contribution >= 4 is 62.4 Å². The van der Waals surface area contributed by atoms with Gasteiger partial charge in [0.25, 0.3) is 0 Å². The second-order valence-electron chi connectivity index (χ2n) is 27.8. The molecule has 16 unspecified atom stereocenters. The van der Waals surface area contributed by atoms with E-state index < -0.39 is 334 Å². The van der Waals surface area contributed by atoms with E-state index in [1.807, 2.05) is 0 Å². The summed E-state index contributed by atoms with van der Waals surface area (Å²) in [6, 6.07) is -7.78. The maximum atomic E-state index is 12.6. The molecule has 0 radical (unpaired) electrons. The molecule has 119 heavy (non-hydrogen) atoms. The monoisotopic (exact) mass is 1880 g/mol. The van der Waals surface area contributed by atoms with Gasteiger partial charge in [-0.3, -0.25) is 27.3 Å². The van der Waals surface area contributed by atoms with Crippen LogP contribution in [0.25, 0.3) is 0 Å². The molecule has 8 fully saturated rings. The Morgan fingerprint density at radius 2 is 0.546 bits per heavy atom. The molecule has 8 aliphatic rings. The first-order valence-electron chi connectivity index (χ1n) is 35.2. The molecule has 8 heterocycles. The number of unbranched alkanes of at least 4 members (excludes halogenated alkanes) is 2. The Labute approximate surface area is 675 Å². The number of aliphatic hydroxyl groups is 9. The van der Waals surface area contributed by atoms with Gasteiger partial charge in [-0.1, -0.05) is 10.1 Å². The average Bonchev–Trinajstić information content (AvgIpc) is 0.769. The highest BCUT2D eigenvalue weighted by atomic mass is 32.3. The van der Waals surface area contributed by atoms with Gasteiger partial charge in [0.2, 0.25) is 0 Å². The Hall–Kier alpha value is -2.22. The van der Waals surface area contributed by atoms with Crippen LogP contribution in [-0.4, -0.2) is 419 Å². The van der Waals surface area contributed by atoms with Crippen molar-refractivity contribution in [3.63, 3.8) is 0 Å². The first kappa shape index (κ1) is 102. The van der Waals surface area contributed by atoms with Crippen molar-refractivity contribution in [3.8, 4) is 0 Å². The van der Waals surface area contributed by atoms with E-state index in [4.69, 9.17) is 123 Å². The molecule has 8 saturated heterocycles. The van der Waals surface area contributed by atoms with E-state index in [9.17, 15) is 130 Å². The summed E-state index contributed by atoms with van der Waals surface area (Å²) in [5.74, 6) is 0. The molecule has 40 atom stereocenters. The van der Waals surface area contributed by atoms with Crippen molar-refractivity contribution in [2.45, 2.75) is 292 Å². The quantitative estimate of drug-likeness (QED) is 0.0117. The Balaban J connectivity index is 0.964. The Kier molecular flexibility index (Phi) is 36.7. The van der Waals surface area contributed by atoms with Crippen LogP contribution in [0.5, 0.6) is 0 Å². The summed E-state index contributed by atoms with van der Waals surface area (Å²) in [5.41, 5.74) is 30.7. The zero-order chi connectivity index (χ0) is 88.8. The summed E-state index contributed by atoms with van der Waals surface area (Å²) in [6.45, 7) is -0.532. The lowest BCUT2D eigenvalue weighted by Gasteiger charge is -2.50. The van der Waals surface area contributed by atoms with Crippen LogP contribution >= 0.6 is 0 Å². The number of aliphatic hydroxyl groups excluding tert-OH is 9. The van der Waals surface area contributed by atoms with Crippen LogP contribution in [0.15, 0.2) is 0 Å². The third-order valence-corrected chi connectivity index (χ3v) is 22.1. The van der Waals surface area contributed by atoms with E-state index >= 15 is 0 Å². The van der Waals surface area contributed by atoms with Crippen LogP contribution in [0.2, 0.25) is 0 Å². The maximum Gasteiger partial charge on any atom is 0.397 e. The largest absolute Gasteiger partial charge is 0.397 e. The first-order valence-corrected chi connectivity index (χ1v) is 43.4. The number of hydrogen-bond donors (Lipinski definition) is 22. The standard InChI is InChI=1S/C53H97N5O55S6/c1-14-37(33(66)44(110-118(82,83)84)50(93-14)88-9-7-5-6-8-54)103-48-23(56)28(61)39(19(98-48)11-90-115(73,74)75)106-52-43(109-113-69)32(65)36(16(3)95-52)102-47-25(58)30(63)41(21(100-47)13-92-117(79,80)81)107-53-45(111-119(85,86)87)34(67)38(17(4)96-53)104-49-24(57)29(62)40(20(99-49)12-91-116(76,77)78)105-51-42(108-112-68)31(64)35(15(2)94-51)101-46-22(55)27(60)26(59)18(97-46)10-89-114(70,71)72/h14-53,59-69H,5-13,54-58H2,1-4H3,(H,70,71,72)(H,73,74,75)(H,76,77,78)(H,79,80,81)(H,82,83,84)(H,85,86,87)/t14?,15?,16?,17?,18?,19?,20?,21?,22?,23?,24?,25?,26-,27-,28-,29-,30-,31?,32?,33+,34+,35-,36-,37-,38-,39+,40-,41-,42+,43+,44?,45?,46-,47-,48-,49-,50-,51+,52+,53+/m1/s1. The second-order valence-corrected chi connectivity index (χ2v) is 34.2. The second kappa shape index (κ2) is 42.8. The third-order valence-electron chi connectivity index (χ3n) is 19.4. The molecule has 0 aromatic rings. The summed E-state index contributed by atoms with van der Waals surface area (Å²) in [4.78, 5) is 9.63. The highest BCUT2D eigenvalue weighted by molar-refractivity contribution is 7.82. The first-order chi connectivity index (χ1) is 55.1. The lowest BCUT2D eigenvalue weighted by molar-refractivity contribution is -0.534. The fraction of sp³-hybridized carbons (Fsp3) is 1.00. The van der Waals surface area contributed by atoms with Gasteiger partial charge in [0.05, 0.1) is 75.0 Å². The van der Waals surface area contributed by atoms with Crippen molar-refractivity contribution in [1.82, 2.24) is 0 Å². The summed E-state index contributed by atoms with van der Waals surface area (Å²) in [5, 5.41) is 130. The van der Waals surface area contributed by atoms with Gasteiger partial charge in [0.15, 0.2) is 74.7 Å². The van der Waals surface area contributed by atoms with Crippen molar-refractivity contribution in [2.75, 3.05) is 39.6 Å². The van der Waals surface area contributed by atoms with E-state index in [-0.39, 0.29) is 6.61 Å². The molecule has 27 N–H and O–H groups in total. The van der Waals surface area contributed by atoms with Gasteiger partial charge in [-0.15, -0.1) is 0 Å². The molecule has 0 saturated carbocycles. The number of hydrogen-bond acceptors (Lipinski definition) is 54. The fourth-order valence-electron chi connectivity index (χ4n) is 13.6. The summed E-state index contributed by atoms with van der Waals surface area (Å²) < 4.78 is 322. The lowest BCUT2D eigenvalue weighted by Crippen LogP contribution is -2.70. The number of ether oxygens (including phenoxy) is 16. The SMILES string of the molecule is CC1O[C@@H](O[C@@H]2C(COS(=O)(=O)O)O[C@H](O[C@@H]3C(C)O[C@@H](O[C@@H]4C(COS(=O)(=O)O)O[C@H](O[C@@H]5C(C)O[C@@H](O[C@H]6C(COS(=O)(=O)O)O[C@H](O[C@@H]7C(C)O[C@@H](OCCCCCN)C(OS(=O)(=O)O)[C@H]7O)C(N)[C@H]6O)[C@@H](OOO)C5O)C(N)[C@H]4O)C(OS(=O)(=O)O)[C@H]3O)C(N)[C@H]2O)[C@@H](OOO)C(O)[C@@H]1O[C@H]1OC(COS(=O)(=O)O)[C@@H](O)[C@H](O)C1N. The topological polar surface area (TPSA) is 919 Å². The van der Waals surface area contributed by atoms with E-state index in [0.29, 0.717) is 25.8 Å². The van der Waals surface area contributed by atoms with Crippen molar-refractivity contribution in [2.24, 2.45) is 28.7 Å². The van der Waals surface area contributed by atoms with Gasteiger partial charge < -0.3 is 150 Å². The molecular weight excluding hydrogens is 1780 g/mol. The molecule has 66 heteroatoms. The van der Waals surface area contributed by atoms with Gasteiger partial charge in [0.1, 0.15) is 122 Å². The highest BCUT2D eigenvalue weighted by Crippen LogP contribution is 2.41. The molecule has 0 bridgehead atoms. The predicted octanol–water partition coefficient (Wildman–Crippen LogP) is -13.5. The molecule has 0 amide bonds. The molecule has 60 nitrogen and oxygen atoms in total. The van der Waals surface area contributed by atoms with Gasteiger partial charge in [-0.2, -0.15) is 60.3 Å². The van der Waals surface area contributed by atoms with E-state index in [1.165, 1.54) is 6.92 Å². The average molecular weight is 1880 g/mol. The van der Waals surface area contributed by atoms with Crippen LogP contribution in [0, 0.1) is 0 Å². The molecule has 0 aromatic carbocycles. The molecule has 8 aliphatic heterocycles. The van der Waals surface area contributed by atoms with Crippen LogP contribution in [0.1, 0.15) is 47.0 Å². The zero-order valence-corrected chi connectivity index (χ0v) is 66.8. The minimum Gasteiger partial charge on any atom is -0.388 e. The number of rotatable bonds is 40. The van der Waals surface area contributed by atoms with Gasteiger partial charge >= 0.3 is 62.4 Å². The van der Waals surface area contributed by atoms with Gasteiger partial charge in [-0.25, -0.2) is 35.6 Å². The van der Waals surface area contributed by atoms with E-state index in [0.717, 1.165) is 20.8 Å². The van der Waals surface area contributed by atoms with E-state index in [1.54, 1.807) is 0 Å². The maximum absolute atomic E-state index is 12.6. The summed E-state index contributed by atoms with van der Waals surface area (Å²) in [7, 11) is -32.9. The Bertz CT molecular complexity index is 3900. The van der Waals surface area contributed by atoms with Crippen LogP contribution in [-0.2, 0) is 183 Å². The molecular formula is C53H97N5O55S6.